The Morgan fingerprint density at radius 2 is 0.806 bits per heavy atom. The summed E-state index contributed by atoms with van der Waals surface area (Å²) in [4.78, 5) is 15.3. The van der Waals surface area contributed by atoms with Crippen LogP contribution in [0.4, 0.5) is 23.3 Å². The molecule has 0 atom stereocenters. The van der Waals surface area contributed by atoms with E-state index in [0.29, 0.717) is 11.4 Å². The van der Waals surface area contributed by atoms with E-state index in [2.05, 4.69) is 29.4 Å². The second-order valence-electron chi connectivity index (χ2n) is 6.49. The highest BCUT2D eigenvalue weighted by atomic mass is 35.5. The lowest BCUT2D eigenvalue weighted by atomic mass is 10.3. The third-order valence-electron chi connectivity index (χ3n) is 3.96. The maximum absolute atomic E-state index is 11.9. The Hall–Kier alpha value is -3.72. The molecule has 0 radical (unpaired) electrons. The number of benzene rings is 2. The van der Waals surface area contributed by atoms with Crippen LogP contribution >= 0.6 is 24.8 Å². The predicted octanol–water partition coefficient (Wildman–Crippen LogP) is 2.56. The minimum Gasteiger partial charge on any atom is -0.399 e. The van der Waals surface area contributed by atoms with Gasteiger partial charge in [-0.3, -0.25) is 0 Å². The number of anilines is 4. The van der Waals surface area contributed by atoms with Gasteiger partial charge in [0.25, 0.3) is 20.0 Å². The molecule has 0 amide bonds. The van der Waals surface area contributed by atoms with Crippen molar-refractivity contribution in [1.29, 1.82) is 0 Å². The Kier molecular flexibility index (Phi) is 11.3. The number of nitrogen functional groups attached to an aromatic ring is 2. The highest BCUT2D eigenvalue weighted by Gasteiger charge is 2.15. The fourth-order valence-corrected chi connectivity index (χ4v) is 4.27. The first-order valence-electron chi connectivity index (χ1n) is 9.46. The molecular weight excluding hydrogens is 551 g/mol. The van der Waals surface area contributed by atoms with Crippen LogP contribution in [0.3, 0.4) is 0 Å². The minimum absolute atomic E-state index is 0. The van der Waals surface area contributed by atoms with E-state index in [-0.39, 0.29) is 46.5 Å². The Balaban J connectivity index is 0.000000341. The third kappa shape index (κ3) is 8.81. The number of rotatable bonds is 6. The summed E-state index contributed by atoms with van der Waals surface area (Å²) in [5.74, 6) is 0.0636. The zero-order chi connectivity index (χ0) is 24.6. The van der Waals surface area contributed by atoms with Crippen molar-refractivity contribution < 1.29 is 16.8 Å². The fourth-order valence-electron chi connectivity index (χ4n) is 2.36. The van der Waals surface area contributed by atoms with Gasteiger partial charge in [-0.2, -0.15) is 0 Å². The average Bonchev–Trinajstić information content (AvgIpc) is 2.81. The molecule has 0 saturated carbocycles. The van der Waals surface area contributed by atoms with Gasteiger partial charge in [0.1, 0.15) is 0 Å². The molecule has 12 nitrogen and oxygen atoms in total. The number of nitrogens with one attached hydrogen (secondary N) is 2. The van der Waals surface area contributed by atoms with Crippen LogP contribution in [0.5, 0.6) is 0 Å². The van der Waals surface area contributed by atoms with Crippen LogP contribution in [-0.4, -0.2) is 36.8 Å². The Morgan fingerprint density at radius 1 is 0.528 bits per heavy atom. The SMILES string of the molecule is Cl.Cl.Nc1ccc(S(=O)(=O)Nc2ncccn2)cc1.Nc1ccc(S(=O)(=O)Nc2ncccn2)cc1. The van der Waals surface area contributed by atoms with E-state index in [4.69, 9.17) is 11.5 Å². The molecule has 0 aliphatic heterocycles. The van der Waals surface area contributed by atoms with E-state index in [0.717, 1.165) is 0 Å². The summed E-state index contributed by atoms with van der Waals surface area (Å²) in [7, 11) is -7.32. The molecule has 4 aromatic rings. The normalized spacial score (nSPS) is 10.4. The molecule has 0 fully saturated rings. The lowest BCUT2D eigenvalue weighted by Gasteiger charge is -2.05. The molecule has 2 aromatic carbocycles. The quantitative estimate of drug-likeness (QED) is 0.249. The first kappa shape index (κ1) is 30.3. The summed E-state index contributed by atoms with van der Waals surface area (Å²) in [5.41, 5.74) is 12.0. The number of halogens is 2. The standard InChI is InChI=1S/2C10H10N4O2S.2ClH/c2*11-8-2-4-9(5-3-8)17(15,16)14-10-12-6-1-7-13-10;;/h2*1-7H,11H2,(H,12,13,14);2*1H. The van der Waals surface area contributed by atoms with Crippen molar-refractivity contribution in [1.82, 2.24) is 19.9 Å². The first-order valence-corrected chi connectivity index (χ1v) is 12.4. The Bertz CT molecular complexity index is 1320. The van der Waals surface area contributed by atoms with Crippen molar-refractivity contribution in [3.63, 3.8) is 0 Å². The van der Waals surface area contributed by atoms with Gasteiger partial charge in [0.2, 0.25) is 11.9 Å². The van der Waals surface area contributed by atoms with Crippen molar-refractivity contribution in [3.05, 3.63) is 85.5 Å². The van der Waals surface area contributed by atoms with Gasteiger partial charge >= 0.3 is 0 Å². The highest BCUT2D eigenvalue weighted by Crippen LogP contribution is 2.15. The van der Waals surface area contributed by atoms with Crippen LogP contribution in [-0.2, 0) is 20.0 Å². The number of nitrogens with two attached hydrogens (primary N) is 2. The number of nitrogens with zero attached hydrogens (tertiary/aromatic N) is 4. The van der Waals surface area contributed by atoms with E-state index in [9.17, 15) is 16.8 Å². The van der Waals surface area contributed by atoms with Gasteiger partial charge in [0.15, 0.2) is 0 Å². The summed E-state index contributed by atoms with van der Waals surface area (Å²) >= 11 is 0. The van der Waals surface area contributed by atoms with Crippen LogP contribution < -0.4 is 20.9 Å². The van der Waals surface area contributed by atoms with Crippen LogP contribution in [0, 0.1) is 0 Å². The van der Waals surface area contributed by atoms with Gasteiger partial charge in [-0.15, -0.1) is 24.8 Å². The van der Waals surface area contributed by atoms with Crippen LogP contribution in [0.25, 0.3) is 0 Å². The molecule has 0 saturated heterocycles. The molecule has 0 aliphatic rings. The van der Waals surface area contributed by atoms with Crippen molar-refractivity contribution in [2.75, 3.05) is 20.9 Å². The number of hydrogen-bond acceptors (Lipinski definition) is 10. The zero-order valence-electron chi connectivity index (χ0n) is 18.3. The summed E-state index contributed by atoms with van der Waals surface area (Å²) in [6, 6.07) is 14.9. The van der Waals surface area contributed by atoms with E-state index in [1.165, 1.54) is 73.3 Å². The lowest BCUT2D eigenvalue weighted by Crippen LogP contribution is -2.14. The van der Waals surface area contributed by atoms with Gasteiger partial charge in [-0.25, -0.2) is 46.2 Å². The molecule has 0 bridgehead atoms. The predicted molar refractivity (Wildman–Crippen MR) is 142 cm³/mol. The molecule has 0 unspecified atom stereocenters. The average molecular weight is 573 g/mol. The number of aromatic nitrogens is 4. The number of sulfonamides is 2. The summed E-state index contributed by atoms with van der Waals surface area (Å²) < 4.78 is 52.1. The molecule has 4 rings (SSSR count). The summed E-state index contributed by atoms with van der Waals surface area (Å²) in [6.45, 7) is 0. The van der Waals surface area contributed by atoms with E-state index >= 15 is 0 Å². The largest absolute Gasteiger partial charge is 0.399 e. The van der Waals surface area contributed by atoms with Gasteiger partial charge < -0.3 is 11.5 Å². The summed E-state index contributed by atoms with van der Waals surface area (Å²) in [6.07, 6.45) is 5.81. The molecule has 6 N–H and O–H groups in total. The minimum atomic E-state index is -3.66. The van der Waals surface area contributed by atoms with Gasteiger partial charge in [0, 0.05) is 36.2 Å². The zero-order valence-corrected chi connectivity index (χ0v) is 21.6. The fraction of sp³-hybridized carbons (Fsp3) is 0. The lowest BCUT2D eigenvalue weighted by molar-refractivity contribution is 0.599. The van der Waals surface area contributed by atoms with E-state index < -0.39 is 20.0 Å². The van der Waals surface area contributed by atoms with Gasteiger partial charge in [-0.05, 0) is 60.7 Å². The van der Waals surface area contributed by atoms with E-state index in [1.54, 1.807) is 12.1 Å². The molecular formula is C20H22Cl2N8O4S2. The molecule has 192 valence electrons. The maximum Gasteiger partial charge on any atom is 0.264 e. The van der Waals surface area contributed by atoms with Crippen LogP contribution in [0.1, 0.15) is 0 Å². The third-order valence-corrected chi connectivity index (χ3v) is 6.65. The molecule has 16 heteroatoms. The Labute approximate surface area is 220 Å². The smallest absolute Gasteiger partial charge is 0.264 e. The second-order valence-corrected chi connectivity index (χ2v) is 9.86. The first-order chi connectivity index (χ1) is 16.2. The molecule has 2 aromatic heterocycles. The molecule has 0 spiro atoms. The molecule has 2 heterocycles. The van der Waals surface area contributed by atoms with Crippen molar-refractivity contribution in [2.24, 2.45) is 0 Å². The van der Waals surface area contributed by atoms with Gasteiger partial charge in [-0.1, -0.05) is 0 Å². The van der Waals surface area contributed by atoms with Gasteiger partial charge in [0.05, 0.1) is 9.79 Å². The monoisotopic (exact) mass is 572 g/mol. The van der Waals surface area contributed by atoms with E-state index in [1.807, 2.05) is 0 Å². The second kappa shape index (κ2) is 13.4. The van der Waals surface area contributed by atoms with Crippen LogP contribution in [0.2, 0.25) is 0 Å². The number of hydrogen-bond donors (Lipinski definition) is 4. The molecule has 0 aliphatic carbocycles. The summed E-state index contributed by atoms with van der Waals surface area (Å²) in [5, 5.41) is 0. The Morgan fingerprint density at radius 3 is 1.08 bits per heavy atom. The molecule has 36 heavy (non-hydrogen) atoms. The topological polar surface area (TPSA) is 196 Å². The highest BCUT2D eigenvalue weighted by molar-refractivity contribution is 7.93. The van der Waals surface area contributed by atoms with Crippen LogP contribution in [0.15, 0.2) is 95.2 Å². The van der Waals surface area contributed by atoms with Crippen molar-refractivity contribution in [2.45, 2.75) is 9.79 Å². The van der Waals surface area contributed by atoms with Crippen molar-refractivity contribution in [3.8, 4) is 0 Å². The van der Waals surface area contributed by atoms with Crippen molar-refractivity contribution >= 4 is 68.1 Å². The maximum atomic E-state index is 11.9.